The molecule has 148 valence electrons. The monoisotopic (exact) mass is 390 g/mol. The molecule has 1 aliphatic heterocycles. The Labute approximate surface area is 153 Å². The molecular weight excluding hydrogens is 364 g/mol. The zero-order chi connectivity index (χ0) is 19.8. The van der Waals surface area contributed by atoms with Gasteiger partial charge in [0.05, 0.1) is 17.9 Å². The largest absolute Gasteiger partial charge is 0.459 e. The highest BCUT2D eigenvalue weighted by atomic mass is 32.2. The molecule has 2 N–H and O–H groups in total. The molecule has 2 atom stereocenters. The van der Waals surface area contributed by atoms with Crippen molar-refractivity contribution in [2.24, 2.45) is 0 Å². The molecule has 2 rings (SSSR count). The van der Waals surface area contributed by atoms with E-state index in [4.69, 9.17) is 23.9 Å². The standard InChI is InChI=1S/C14H18O6S.C3H8O2/c1-21(16,17)20-13(12-8-5-9-18-12)10-19-14(15)11-6-3-2-4-7-11;1-3(2,4)5/h2-4,6-7,12-13H,5,8-10H2,1H3;4-5H,1-2H3/t12-,13+;/m0./s1. The maximum absolute atomic E-state index is 11.9. The maximum atomic E-state index is 11.9. The van der Waals surface area contributed by atoms with Crippen LogP contribution in [0.15, 0.2) is 30.3 Å². The first-order chi connectivity index (χ1) is 12.0. The third-order valence-corrected chi connectivity index (χ3v) is 3.66. The van der Waals surface area contributed by atoms with Crippen LogP contribution >= 0.6 is 0 Å². The fraction of sp³-hybridized carbons (Fsp3) is 0.588. The van der Waals surface area contributed by atoms with E-state index in [0.717, 1.165) is 12.7 Å². The van der Waals surface area contributed by atoms with E-state index in [9.17, 15) is 13.2 Å². The van der Waals surface area contributed by atoms with Gasteiger partial charge in [-0.25, -0.2) is 4.79 Å². The number of carbonyl (C=O) groups is 1. The Balaban J connectivity index is 0.000000597. The van der Waals surface area contributed by atoms with E-state index in [1.165, 1.54) is 13.8 Å². The Bertz CT molecular complexity index is 639. The lowest BCUT2D eigenvalue weighted by Crippen LogP contribution is -2.35. The van der Waals surface area contributed by atoms with E-state index in [0.29, 0.717) is 18.6 Å². The summed E-state index contributed by atoms with van der Waals surface area (Å²) in [4.78, 5) is 11.9. The minimum atomic E-state index is -3.64. The lowest BCUT2D eigenvalue weighted by molar-refractivity contribution is -0.127. The summed E-state index contributed by atoms with van der Waals surface area (Å²) in [5, 5.41) is 16.2. The van der Waals surface area contributed by atoms with Gasteiger partial charge >= 0.3 is 5.97 Å². The molecule has 0 saturated carbocycles. The molecule has 0 radical (unpaired) electrons. The predicted octanol–water partition coefficient (Wildman–Crippen LogP) is 1.07. The van der Waals surface area contributed by atoms with Crippen LogP contribution < -0.4 is 0 Å². The summed E-state index contributed by atoms with van der Waals surface area (Å²) in [6.07, 6.45) is 1.30. The second kappa shape index (κ2) is 9.98. The lowest BCUT2D eigenvalue weighted by Gasteiger charge is -2.21. The third-order valence-electron chi connectivity index (χ3n) is 3.07. The number of carbonyl (C=O) groups excluding carboxylic acids is 1. The molecule has 1 heterocycles. The topological polar surface area (TPSA) is 119 Å². The van der Waals surface area contributed by atoms with Gasteiger partial charge in [0.1, 0.15) is 12.7 Å². The Kier molecular flexibility index (Phi) is 8.65. The molecule has 0 spiro atoms. The molecule has 0 amide bonds. The van der Waals surface area contributed by atoms with Gasteiger partial charge in [0.25, 0.3) is 10.1 Å². The van der Waals surface area contributed by atoms with E-state index in [-0.39, 0.29) is 12.7 Å². The second-order valence-electron chi connectivity index (χ2n) is 6.35. The number of benzene rings is 1. The zero-order valence-corrected chi connectivity index (χ0v) is 15.9. The average Bonchev–Trinajstić information content (AvgIpc) is 3.03. The molecule has 9 heteroatoms. The van der Waals surface area contributed by atoms with E-state index in [1.54, 1.807) is 30.3 Å². The molecule has 26 heavy (non-hydrogen) atoms. The van der Waals surface area contributed by atoms with Gasteiger partial charge in [0.15, 0.2) is 5.79 Å². The van der Waals surface area contributed by atoms with Crippen molar-refractivity contribution >= 4 is 16.1 Å². The Hall–Kier alpha value is -1.52. The first-order valence-electron chi connectivity index (χ1n) is 8.12. The van der Waals surface area contributed by atoms with Crippen molar-refractivity contribution < 1.29 is 37.1 Å². The SMILES string of the molecule is CC(C)(O)O.CS(=O)(=O)O[C@H](COC(=O)c1ccccc1)[C@@H]1CCCO1. The van der Waals surface area contributed by atoms with E-state index in [2.05, 4.69) is 0 Å². The van der Waals surface area contributed by atoms with E-state index in [1.807, 2.05) is 0 Å². The molecule has 0 unspecified atom stereocenters. The van der Waals surface area contributed by atoms with E-state index >= 15 is 0 Å². The molecule has 0 aliphatic carbocycles. The van der Waals surface area contributed by atoms with Gasteiger partial charge < -0.3 is 19.7 Å². The number of rotatable bonds is 6. The second-order valence-corrected chi connectivity index (χ2v) is 7.95. The first-order valence-corrected chi connectivity index (χ1v) is 9.94. The number of aliphatic hydroxyl groups is 2. The fourth-order valence-corrected chi connectivity index (χ4v) is 2.76. The van der Waals surface area contributed by atoms with Crippen molar-refractivity contribution in [1.82, 2.24) is 0 Å². The molecule has 8 nitrogen and oxygen atoms in total. The third kappa shape index (κ3) is 10.5. The Morgan fingerprint density at radius 2 is 1.88 bits per heavy atom. The highest BCUT2D eigenvalue weighted by Gasteiger charge is 2.31. The van der Waals surface area contributed by atoms with Crippen LogP contribution in [-0.2, 0) is 23.8 Å². The smallest absolute Gasteiger partial charge is 0.338 e. The Morgan fingerprint density at radius 1 is 1.31 bits per heavy atom. The average molecular weight is 390 g/mol. The van der Waals surface area contributed by atoms with Crippen molar-refractivity contribution in [3.8, 4) is 0 Å². The maximum Gasteiger partial charge on any atom is 0.338 e. The fourth-order valence-electron chi connectivity index (χ4n) is 2.13. The number of ether oxygens (including phenoxy) is 2. The normalized spacial score (nSPS) is 18.6. The summed E-state index contributed by atoms with van der Waals surface area (Å²) >= 11 is 0. The van der Waals surface area contributed by atoms with Crippen molar-refractivity contribution in [3.63, 3.8) is 0 Å². The lowest BCUT2D eigenvalue weighted by atomic mass is 10.1. The molecule has 1 aliphatic rings. The summed E-state index contributed by atoms with van der Waals surface area (Å²) in [6.45, 7) is 2.99. The van der Waals surface area contributed by atoms with Crippen LogP contribution in [0, 0.1) is 0 Å². The summed E-state index contributed by atoms with van der Waals surface area (Å²) in [5.74, 6) is -2.02. The van der Waals surface area contributed by atoms with Crippen LogP contribution in [-0.4, -0.2) is 62.1 Å². The molecular formula is C17H26O8S. The van der Waals surface area contributed by atoms with Crippen LogP contribution in [0.3, 0.4) is 0 Å². The van der Waals surface area contributed by atoms with Gasteiger partial charge in [0, 0.05) is 6.61 Å². The number of hydrogen-bond donors (Lipinski definition) is 2. The van der Waals surface area contributed by atoms with Gasteiger partial charge in [-0.3, -0.25) is 4.18 Å². The van der Waals surface area contributed by atoms with Crippen molar-refractivity contribution in [2.75, 3.05) is 19.5 Å². The van der Waals surface area contributed by atoms with Crippen LogP contribution in [0.25, 0.3) is 0 Å². The highest BCUT2D eigenvalue weighted by molar-refractivity contribution is 7.86. The minimum absolute atomic E-state index is 0.161. The number of esters is 1. The van der Waals surface area contributed by atoms with Crippen LogP contribution in [0.1, 0.15) is 37.0 Å². The van der Waals surface area contributed by atoms with Gasteiger partial charge in [-0.15, -0.1) is 0 Å². The van der Waals surface area contributed by atoms with E-state index < -0.39 is 28.0 Å². The van der Waals surface area contributed by atoms with Gasteiger partial charge in [-0.2, -0.15) is 8.42 Å². The van der Waals surface area contributed by atoms with Gasteiger partial charge in [-0.05, 0) is 38.8 Å². The minimum Gasteiger partial charge on any atom is -0.459 e. The molecule has 1 saturated heterocycles. The Morgan fingerprint density at radius 3 is 2.35 bits per heavy atom. The molecule has 1 fully saturated rings. The molecule has 0 bridgehead atoms. The van der Waals surface area contributed by atoms with Crippen LogP contribution in [0.2, 0.25) is 0 Å². The first kappa shape index (κ1) is 22.5. The van der Waals surface area contributed by atoms with Crippen molar-refractivity contribution in [3.05, 3.63) is 35.9 Å². The molecule has 1 aromatic carbocycles. The summed E-state index contributed by atoms with van der Waals surface area (Å²) in [5.41, 5.74) is 0.406. The van der Waals surface area contributed by atoms with Crippen molar-refractivity contribution in [2.45, 2.75) is 44.7 Å². The summed E-state index contributed by atoms with van der Waals surface area (Å²) in [7, 11) is -3.64. The summed E-state index contributed by atoms with van der Waals surface area (Å²) in [6, 6.07) is 8.49. The summed E-state index contributed by atoms with van der Waals surface area (Å²) < 4.78 is 38.1. The van der Waals surface area contributed by atoms with Gasteiger partial charge in [-0.1, -0.05) is 18.2 Å². The van der Waals surface area contributed by atoms with Crippen LogP contribution in [0.4, 0.5) is 0 Å². The van der Waals surface area contributed by atoms with Crippen LogP contribution in [0.5, 0.6) is 0 Å². The molecule has 1 aromatic rings. The predicted molar refractivity (Wildman–Crippen MR) is 93.9 cm³/mol. The molecule has 0 aromatic heterocycles. The quantitative estimate of drug-likeness (QED) is 0.421. The number of hydrogen-bond acceptors (Lipinski definition) is 8. The van der Waals surface area contributed by atoms with Gasteiger partial charge in [0.2, 0.25) is 0 Å². The van der Waals surface area contributed by atoms with Crippen molar-refractivity contribution in [1.29, 1.82) is 0 Å². The zero-order valence-electron chi connectivity index (χ0n) is 15.1. The highest BCUT2D eigenvalue weighted by Crippen LogP contribution is 2.20.